The van der Waals surface area contributed by atoms with E-state index in [0.29, 0.717) is 18.1 Å². The number of pyridine rings is 1. The third-order valence-electron chi connectivity index (χ3n) is 1.52. The van der Waals surface area contributed by atoms with Crippen LogP contribution >= 0.6 is 0 Å². The lowest BCUT2D eigenvalue weighted by Crippen LogP contribution is -2.16. The second-order valence-corrected chi connectivity index (χ2v) is 3.76. The Morgan fingerprint density at radius 3 is 3.36 bits per heavy atom. The smallest absolute Gasteiger partial charge is 0.138 e. The maximum atomic E-state index is 11.3. The molecule has 58 valence electrons. The normalized spacial score (nSPS) is 22.0. The molecule has 1 unspecified atom stereocenters. The quantitative estimate of drug-likeness (QED) is 0.570. The Bertz CT molecular complexity index is 300. The van der Waals surface area contributed by atoms with Crippen molar-refractivity contribution in [3.63, 3.8) is 0 Å². The van der Waals surface area contributed by atoms with Crippen molar-refractivity contribution in [2.75, 3.05) is 12.4 Å². The van der Waals surface area contributed by atoms with E-state index in [0.717, 1.165) is 4.90 Å². The maximum Gasteiger partial charge on any atom is 0.138 e. The van der Waals surface area contributed by atoms with E-state index in [9.17, 15) is 4.21 Å². The Balaban J connectivity index is 2.52. The topological polar surface area (TPSA) is 39.2 Å². The average Bonchev–Trinajstić information content (AvgIpc) is 2.06. The molecule has 0 amide bonds. The molecule has 0 saturated carbocycles. The van der Waals surface area contributed by atoms with Gasteiger partial charge >= 0.3 is 0 Å². The molecule has 1 aliphatic heterocycles. The molecule has 2 heterocycles. The van der Waals surface area contributed by atoms with E-state index in [1.807, 2.05) is 0 Å². The second kappa shape index (κ2) is 2.62. The van der Waals surface area contributed by atoms with Crippen molar-refractivity contribution < 1.29 is 8.95 Å². The lowest BCUT2D eigenvalue weighted by molar-refractivity contribution is 0.326. The molecule has 4 heteroatoms. The molecule has 0 aliphatic carbocycles. The highest BCUT2D eigenvalue weighted by Gasteiger charge is 2.15. The Labute approximate surface area is 66.9 Å². The van der Waals surface area contributed by atoms with Crippen LogP contribution in [0, 0.1) is 0 Å². The number of hydrogen-bond acceptors (Lipinski definition) is 3. The Hall–Kier alpha value is -0.900. The van der Waals surface area contributed by atoms with E-state index in [1.165, 1.54) is 0 Å². The van der Waals surface area contributed by atoms with Gasteiger partial charge < -0.3 is 4.74 Å². The van der Waals surface area contributed by atoms with Crippen molar-refractivity contribution >= 4 is 10.8 Å². The van der Waals surface area contributed by atoms with Gasteiger partial charge in [0.2, 0.25) is 0 Å². The summed E-state index contributed by atoms with van der Waals surface area (Å²) in [6.07, 6.45) is 3.24. The van der Waals surface area contributed by atoms with Crippen LogP contribution in [-0.4, -0.2) is 21.6 Å². The molecule has 0 bridgehead atoms. The molecule has 0 fully saturated rings. The summed E-state index contributed by atoms with van der Waals surface area (Å²) in [6.45, 7) is 0.545. The lowest BCUT2D eigenvalue weighted by atomic mass is 10.4. The van der Waals surface area contributed by atoms with Crippen LogP contribution in [0.1, 0.15) is 0 Å². The van der Waals surface area contributed by atoms with E-state index in [-0.39, 0.29) is 0 Å². The number of fused-ring (bicyclic) bond motifs is 1. The zero-order valence-electron chi connectivity index (χ0n) is 5.82. The summed E-state index contributed by atoms with van der Waals surface area (Å²) in [5.74, 6) is 1.29. The minimum absolute atomic E-state index is 0.545. The van der Waals surface area contributed by atoms with Gasteiger partial charge in [0, 0.05) is 12.4 Å². The first kappa shape index (κ1) is 6.79. The van der Waals surface area contributed by atoms with E-state index in [1.54, 1.807) is 18.5 Å². The van der Waals surface area contributed by atoms with Crippen LogP contribution in [0.3, 0.4) is 0 Å². The van der Waals surface area contributed by atoms with Crippen LogP contribution in [0.5, 0.6) is 5.75 Å². The average molecular weight is 169 g/mol. The first-order chi connectivity index (χ1) is 5.38. The van der Waals surface area contributed by atoms with Gasteiger partial charge in [-0.15, -0.1) is 0 Å². The van der Waals surface area contributed by atoms with Crippen LogP contribution in [0.15, 0.2) is 23.4 Å². The predicted octanol–water partition coefficient (Wildman–Crippen LogP) is 0.582. The van der Waals surface area contributed by atoms with Crippen molar-refractivity contribution in [1.29, 1.82) is 0 Å². The summed E-state index contributed by atoms with van der Waals surface area (Å²) >= 11 is 0. The van der Waals surface area contributed by atoms with Crippen LogP contribution in [0.2, 0.25) is 0 Å². The Morgan fingerprint density at radius 2 is 2.55 bits per heavy atom. The minimum atomic E-state index is -0.903. The number of aromatic nitrogens is 1. The van der Waals surface area contributed by atoms with Gasteiger partial charge in [-0.3, -0.25) is 9.19 Å². The van der Waals surface area contributed by atoms with Crippen molar-refractivity contribution in [3.05, 3.63) is 18.5 Å². The van der Waals surface area contributed by atoms with Crippen LogP contribution in [-0.2, 0) is 10.8 Å². The lowest BCUT2D eigenvalue weighted by Gasteiger charge is -2.14. The molecule has 0 radical (unpaired) electrons. The molecular formula is C7H7NO2S. The van der Waals surface area contributed by atoms with Gasteiger partial charge in [0.15, 0.2) is 0 Å². The van der Waals surface area contributed by atoms with Crippen LogP contribution in [0.25, 0.3) is 0 Å². The summed E-state index contributed by atoms with van der Waals surface area (Å²) in [6, 6.07) is 1.74. The molecule has 0 N–H and O–H groups in total. The summed E-state index contributed by atoms with van der Waals surface area (Å²) < 4.78 is 16.5. The zero-order valence-corrected chi connectivity index (χ0v) is 6.63. The fourth-order valence-corrected chi connectivity index (χ4v) is 1.98. The molecule has 11 heavy (non-hydrogen) atoms. The SMILES string of the molecule is O=S1CCOc2ccncc21. The van der Waals surface area contributed by atoms with Gasteiger partial charge in [0.05, 0.1) is 21.4 Å². The Kier molecular flexibility index (Phi) is 1.62. The van der Waals surface area contributed by atoms with Crippen molar-refractivity contribution in [1.82, 2.24) is 4.98 Å². The van der Waals surface area contributed by atoms with Gasteiger partial charge in [0.25, 0.3) is 0 Å². The molecule has 0 saturated heterocycles. The molecule has 1 atom stereocenters. The fourth-order valence-electron chi connectivity index (χ4n) is 0.995. The van der Waals surface area contributed by atoms with Gasteiger partial charge in [-0.1, -0.05) is 0 Å². The predicted molar refractivity (Wildman–Crippen MR) is 41.0 cm³/mol. The molecule has 1 aromatic heterocycles. The highest BCUT2D eigenvalue weighted by Crippen LogP contribution is 2.23. The van der Waals surface area contributed by atoms with E-state index < -0.39 is 10.8 Å². The second-order valence-electron chi connectivity index (χ2n) is 2.22. The maximum absolute atomic E-state index is 11.3. The third kappa shape index (κ3) is 1.14. The first-order valence-electron chi connectivity index (χ1n) is 3.33. The number of nitrogens with zero attached hydrogens (tertiary/aromatic N) is 1. The number of ether oxygens (including phenoxy) is 1. The van der Waals surface area contributed by atoms with E-state index in [4.69, 9.17) is 4.74 Å². The van der Waals surface area contributed by atoms with Crippen molar-refractivity contribution in [3.8, 4) is 5.75 Å². The van der Waals surface area contributed by atoms with Gasteiger partial charge in [0.1, 0.15) is 12.4 Å². The Morgan fingerprint density at radius 1 is 1.64 bits per heavy atom. The minimum Gasteiger partial charge on any atom is -0.491 e. The van der Waals surface area contributed by atoms with Gasteiger partial charge in [-0.25, -0.2) is 0 Å². The zero-order chi connectivity index (χ0) is 7.68. The largest absolute Gasteiger partial charge is 0.491 e. The molecule has 1 aromatic rings. The van der Waals surface area contributed by atoms with Gasteiger partial charge in [-0.2, -0.15) is 0 Å². The fraction of sp³-hybridized carbons (Fsp3) is 0.286. The molecule has 1 aliphatic rings. The number of hydrogen-bond donors (Lipinski definition) is 0. The van der Waals surface area contributed by atoms with Gasteiger partial charge in [-0.05, 0) is 6.07 Å². The number of rotatable bonds is 0. The monoisotopic (exact) mass is 169 g/mol. The summed E-state index contributed by atoms with van der Waals surface area (Å²) in [4.78, 5) is 4.60. The molecule has 2 rings (SSSR count). The highest BCUT2D eigenvalue weighted by molar-refractivity contribution is 7.85. The summed E-state index contributed by atoms with van der Waals surface area (Å²) in [7, 11) is -0.903. The van der Waals surface area contributed by atoms with Crippen LogP contribution in [0.4, 0.5) is 0 Å². The van der Waals surface area contributed by atoms with E-state index >= 15 is 0 Å². The molecule has 0 aromatic carbocycles. The third-order valence-corrected chi connectivity index (χ3v) is 2.85. The molecular weight excluding hydrogens is 162 g/mol. The van der Waals surface area contributed by atoms with Crippen molar-refractivity contribution in [2.24, 2.45) is 0 Å². The van der Waals surface area contributed by atoms with E-state index in [2.05, 4.69) is 4.98 Å². The standard InChI is InChI=1S/C7H7NO2S/c9-11-4-3-10-6-1-2-8-5-7(6)11/h1-2,5H,3-4H2. The molecule has 0 spiro atoms. The summed E-state index contributed by atoms with van der Waals surface area (Å²) in [5, 5.41) is 0. The molecule has 3 nitrogen and oxygen atoms in total. The van der Waals surface area contributed by atoms with Crippen LogP contribution < -0.4 is 4.74 Å². The highest BCUT2D eigenvalue weighted by atomic mass is 32.2. The first-order valence-corrected chi connectivity index (χ1v) is 4.65. The van der Waals surface area contributed by atoms with Crippen molar-refractivity contribution in [2.45, 2.75) is 4.90 Å². The summed E-state index contributed by atoms with van der Waals surface area (Å²) in [5.41, 5.74) is 0.